The molecule has 0 spiro atoms. The predicted octanol–water partition coefficient (Wildman–Crippen LogP) is 1.76. The minimum atomic E-state index is 0.0813. The molecule has 74 valence electrons. The summed E-state index contributed by atoms with van der Waals surface area (Å²) in [6.45, 7) is 4.54. The van der Waals surface area contributed by atoms with Gasteiger partial charge in [-0.1, -0.05) is 25.5 Å². The van der Waals surface area contributed by atoms with Crippen molar-refractivity contribution in [3.8, 4) is 0 Å². The molecular weight excluding hydrogens is 164 g/mol. The van der Waals surface area contributed by atoms with Crippen LogP contribution in [0.2, 0.25) is 0 Å². The smallest absolute Gasteiger partial charge is 0.317 e. The molecule has 1 N–H and O–H groups in total. The highest BCUT2D eigenvalue weighted by atomic mass is 16.2. The molecule has 0 unspecified atom stereocenters. The van der Waals surface area contributed by atoms with E-state index in [-0.39, 0.29) is 6.03 Å². The average Bonchev–Trinajstić information content (AvgIpc) is 2.19. The Hall–Kier alpha value is -0.990. The van der Waals surface area contributed by atoms with Gasteiger partial charge in [-0.25, -0.2) is 4.79 Å². The lowest BCUT2D eigenvalue weighted by molar-refractivity contribution is 0.202. The molecule has 0 aromatic rings. The monoisotopic (exact) mass is 182 g/mol. The minimum Gasteiger partial charge on any atom is -0.338 e. The first-order valence-corrected chi connectivity index (χ1v) is 5.02. The Morgan fingerprint density at radius 3 is 3.00 bits per heavy atom. The van der Waals surface area contributed by atoms with Crippen LogP contribution in [0.5, 0.6) is 0 Å². The molecule has 2 amide bonds. The number of hydrogen-bond acceptors (Lipinski definition) is 1. The van der Waals surface area contributed by atoms with Gasteiger partial charge >= 0.3 is 6.03 Å². The molecule has 0 atom stereocenters. The molecule has 3 heteroatoms. The third-order valence-electron chi connectivity index (χ3n) is 2.15. The summed E-state index contributed by atoms with van der Waals surface area (Å²) < 4.78 is 0. The zero-order valence-electron chi connectivity index (χ0n) is 8.25. The molecule has 0 aliphatic carbocycles. The van der Waals surface area contributed by atoms with Crippen LogP contribution in [-0.4, -0.2) is 30.6 Å². The largest absolute Gasteiger partial charge is 0.338 e. The molecule has 0 radical (unpaired) electrons. The van der Waals surface area contributed by atoms with E-state index < -0.39 is 0 Å². The van der Waals surface area contributed by atoms with Crippen LogP contribution in [0.1, 0.15) is 26.2 Å². The van der Waals surface area contributed by atoms with Crippen LogP contribution in [0, 0.1) is 0 Å². The number of amides is 2. The number of hydrogen-bond donors (Lipinski definition) is 1. The molecule has 0 saturated carbocycles. The number of carbonyl (C=O) groups is 1. The number of carbonyl (C=O) groups excluding carboxylic acids is 1. The maximum atomic E-state index is 11.5. The highest BCUT2D eigenvalue weighted by Gasteiger charge is 2.11. The Morgan fingerprint density at radius 1 is 1.54 bits per heavy atom. The third kappa shape index (κ3) is 3.49. The van der Waals surface area contributed by atoms with Crippen molar-refractivity contribution in [3.05, 3.63) is 12.2 Å². The van der Waals surface area contributed by atoms with Crippen molar-refractivity contribution in [2.75, 3.05) is 19.6 Å². The Labute approximate surface area is 79.8 Å². The van der Waals surface area contributed by atoms with E-state index >= 15 is 0 Å². The van der Waals surface area contributed by atoms with Gasteiger partial charge in [0.15, 0.2) is 0 Å². The molecule has 3 nitrogen and oxygen atoms in total. The molecule has 1 rings (SSSR count). The summed E-state index contributed by atoms with van der Waals surface area (Å²) in [6.07, 6.45) is 7.34. The summed E-state index contributed by atoms with van der Waals surface area (Å²) in [5.41, 5.74) is 0. The van der Waals surface area contributed by atoms with Crippen LogP contribution in [0.25, 0.3) is 0 Å². The van der Waals surface area contributed by atoms with E-state index in [4.69, 9.17) is 0 Å². The Morgan fingerprint density at radius 2 is 2.38 bits per heavy atom. The quantitative estimate of drug-likeness (QED) is 0.523. The van der Waals surface area contributed by atoms with Crippen molar-refractivity contribution in [2.45, 2.75) is 26.2 Å². The van der Waals surface area contributed by atoms with Crippen LogP contribution < -0.4 is 5.32 Å². The summed E-state index contributed by atoms with van der Waals surface area (Å²) in [4.78, 5) is 13.3. The summed E-state index contributed by atoms with van der Waals surface area (Å²) in [5, 5.41) is 2.91. The molecular formula is C10H18N2O. The number of urea groups is 1. The fourth-order valence-corrected chi connectivity index (χ4v) is 1.31. The van der Waals surface area contributed by atoms with Gasteiger partial charge < -0.3 is 10.2 Å². The maximum absolute atomic E-state index is 11.5. The minimum absolute atomic E-state index is 0.0813. The van der Waals surface area contributed by atoms with E-state index in [1.54, 1.807) is 0 Å². The first-order valence-electron chi connectivity index (χ1n) is 5.02. The molecule has 13 heavy (non-hydrogen) atoms. The highest BCUT2D eigenvalue weighted by Crippen LogP contribution is 2.00. The van der Waals surface area contributed by atoms with Crippen molar-refractivity contribution in [1.82, 2.24) is 10.2 Å². The van der Waals surface area contributed by atoms with Gasteiger partial charge in [0.2, 0.25) is 0 Å². The molecule has 0 bridgehead atoms. The van der Waals surface area contributed by atoms with E-state index in [9.17, 15) is 4.79 Å². The van der Waals surface area contributed by atoms with Gasteiger partial charge in [-0.15, -0.1) is 0 Å². The standard InChI is InChI=1S/C10H18N2O/c1-2-3-7-11-10(13)12-8-5-4-6-9-12/h4-5H,2-3,6-9H2,1H3,(H,11,13). The fraction of sp³-hybridized carbons (Fsp3) is 0.700. The second-order valence-corrected chi connectivity index (χ2v) is 3.29. The number of unbranched alkanes of at least 4 members (excludes halogenated alkanes) is 1. The van der Waals surface area contributed by atoms with Crippen LogP contribution in [0.3, 0.4) is 0 Å². The molecule has 0 aromatic carbocycles. The third-order valence-corrected chi connectivity index (χ3v) is 2.15. The first kappa shape index (κ1) is 10.1. The summed E-state index contributed by atoms with van der Waals surface area (Å²) in [6, 6.07) is 0.0813. The van der Waals surface area contributed by atoms with Gasteiger partial charge in [-0.2, -0.15) is 0 Å². The van der Waals surface area contributed by atoms with E-state index in [0.29, 0.717) is 0 Å². The van der Waals surface area contributed by atoms with E-state index in [1.807, 2.05) is 11.0 Å². The fourth-order valence-electron chi connectivity index (χ4n) is 1.31. The molecule has 0 fully saturated rings. The van der Waals surface area contributed by atoms with Gasteiger partial charge in [-0.05, 0) is 12.8 Å². The van der Waals surface area contributed by atoms with Crippen LogP contribution >= 0.6 is 0 Å². The first-order chi connectivity index (χ1) is 6.34. The van der Waals surface area contributed by atoms with Crippen molar-refractivity contribution < 1.29 is 4.79 Å². The summed E-state index contributed by atoms with van der Waals surface area (Å²) in [7, 11) is 0. The molecule has 1 aliphatic heterocycles. The van der Waals surface area contributed by atoms with Gasteiger partial charge in [-0.3, -0.25) is 0 Å². The van der Waals surface area contributed by atoms with Crippen molar-refractivity contribution >= 4 is 6.03 Å². The Kier molecular flexibility index (Phi) is 4.36. The highest BCUT2D eigenvalue weighted by molar-refractivity contribution is 5.74. The Bertz CT molecular complexity index is 189. The second-order valence-electron chi connectivity index (χ2n) is 3.29. The van der Waals surface area contributed by atoms with Crippen LogP contribution in [-0.2, 0) is 0 Å². The molecule has 0 saturated heterocycles. The van der Waals surface area contributed by atoms with Crippen LogP contribution in [0.15, 0.2) is 12.2 Å². The SMILES string of the molecule is CCCCNC(=O)N1CC=CCC1. The normalized spacial score (nSPS) is 15.9. The summed E-state index contributed by atoms with van der Waals surface area (Å²) >= 11 is 0. The lowest BCUT2D eigenvalue weighted by atomic mass is 10.2. The van der Waals surface area contributed by atoms with Crippen molar-refractivity contribution in [1.29, 1.82) is 0 Å². The van der Waals surface area contributed by atoms with Gasteiger partial charge in [0.25, 0.3) is 0 Å². The van der Waals surface area contributed by atoms with Gasteiger partial charge in [0.05, 0.1) is 0 Å². The zero-order valence-corrected chi connectivity index (χ0v) is 8.25. The Balaban J connectivity index is 2.18. The zero-order chi connectivity index (χ0) is 9.52. The lowest BCUT2D eigenvalue weighted by Crippen LogP contribution is -2.41. The summed E-state index contributed by atoms with van der Waals surface area (Å²) in [5.74, 6) is 0. The average molecular weight is 182 g/mol. The van der Waals surface area contributed by atoms with E-state index in [0.717, 1.165) is 38.9 Å². The van der Waals surface area contributed by atoms with E-state index in [1.165, 1.54) is 0 Å². The van der Waals surface area contributed by atoms with Crippen LogP contribution in [0.4, 0.5) is 4.79 Å². The van der Waals surface area contributed by atoms with Crippen molar-refractivity contribution in [3.63, 3.8) is 0 Å². The number of nitrogens with zero attached hydrogens (tertiary/aromatic N) is 1. The second kappa shape index (κ2) is 5.62. The molecule has 0 aromatic heterocycles. The van der Waals surface area contributed by atoms with Gasteiger partial charge in [0, 0.05) is 19.6 Å². The predicted molar refractivity (Wildman–Crippen MR) is 53.6 cm³/mol. The topological polar surface area (TPSA) is 32.3 Å². The maximum Gasteiger partial charge on any atom is 0.317 e. The van der Waals surface area contributed by atoms with Crippen molar-refractivity contribution in [2.24, 2.45) is 0 Å². The number of rotatable bonds is 3. The molecule has 1 aliphatic rings. The van der Waals surface area contributed by atoms with E-state index in [2.05, 4.69) is 18.3 Å². The number of nitrogens with one attached hydrogen (secondary N) is 1. The molecule has 1 heterocycles. The lowest BCUT2D eigenvalue weighted by Gasteiger charge is -2.23. The van der Waals surface area contributed by atoms with Gasteiger partial charge in [0.1, 0.15) is 0 Å².